The van der Waals surface area contributed by atoms with Gasteiger partial charge in [-0.25, -0.2) is 9.48 Å². The predicted molar refractivity (Wildman–Crippen MR) is 132 cm³/mol. The second kappa shape index (κ2) is 12.3. The van der Waals surface area contributed by atoms with Crippen molar-refractivity contribution >= 4 is 34.7 Å². The van der Waals surface area contributed by atoms with Gasteiger partial charge in [-0.15, -0.1) is 0 Å². The minimum Gasteiger partial charge on any atom is -0.464 e. The van der Waals surface area contributed by atoms with Crippen LogP contribution in [-0.2, 0) is 30.7 Å². The molecule has 0 amide bonds. The third-order valence-electron chi connectivity index (χ3n) is 4.73. The molecule has 0 saturated heterocycles. The van der Waals surface area contributed by atoms with Gasteiger partial charge in [-0.3, -0.25) is 0 Å². The second-order valence-corrected chi connectivity index (χ2v) is 7.43. The van der Waals surface area contributed by atoms with Gasteiger partial charge < -0.3 is 19.2 Å². The van der Waals surface area contributed by atoms with Crippen LogP contribution in [0.1, 0.15) is 23.6 Å². The lowest BCUT2D eigenvalue weighted by molar-refractivity contribution is -0.132. The van der Waals surface area contributed by atoms with E-state index in [4.69, 9.17) is 30.9 Å². The number of esters is 1. The number of carbonyl (C=O) groups excluding carboxylic acids is 1. The van der Waals surface area contributed by atoms with Gasteiger partial charge in [0.05, 0.1) is 19.0 Å². The molecular weight excluding hydrogens is 474 g/mol. The molecule has 0 aliphatic carbocycles. The number of benzene rings is 2. The molecular formula is C24H24ClN5O5. The monoisotopic (exact) mass is 497 g/mol. The lowest BCUT2D eigenvalue weighted by Crippen LogP contribution is -2.19. The topological polar surface area (TPSA) is 109 Å². The maximum Gasteiger partial charge on any atom is 0.360 e. The highest BCUT2D eigenvalue weighted by Gasteiger charge is 2.19. The molecule has 3 aromatic rings. The summed E-state index contributed by atoms with van der Waals surface area (Å²) in [6.07, 6.45) is 3.43. The minimum atomic E-state index is -0.633. The summed E-state index contributed by atoms with van der Waals surface area (Å²) in [6, 6.07) is 14.3. The summed E-state index contributed by atoms with van der Waals surface area (Å²) in [6.45, 7) is 1.78. The summed E-state index contributed by atoms with van der Waals surface area (Å²) < 4.78 is 6.49. The van der Waals surface area contributed by atoms with Crippen LogP contribution in [0.5, 0.6) is 0 Å². The van der Waals surface area contributed by atoms with E-state index < -0.39 is 5.97 Å². The van der Waals surface area contributed by atoms with Crippen molar-refractivity contribution in [2.75, 3.05) is 21.3 Å². The Morgan fingerprint density at radius 1 is 0.971 bits per heavy atom. The molecule has 0 unspecified atom stereocenters. The fourth-order valence-electron chi connectivity index (χ4n) is 3.10. The molecule has 0 atom stereocenters. The van der Waals surface area contributed by atoms with Crippen molar-refractivity contribution in [1.82, 2.24) is 9.78 Å². The Morgan fingerprint density at radius 3 is 2.34 bits per heavy atom. The Morgan fingerprint density at radius 2 is 1.66 bits per heavy atom. The van der Waals surface area contributed by atoms with Gasteiger partial charge in [0.1, 0.15) is 32.2 Å². The van der Waals surface area contributed by atoms with Crippen LogP contribution in [0.25, 0.3) is 5.69 Å². The third kappa shape index (κ3) is 6.45. The van der Waals surface area contributed by atoms with E-state index in [9.17, 15) is 4.79 Å². The Labute approximate surface area is 207 Å². The van der Waals surface area contributed by atoms with Gasteiger partial charge in [-0.05, 0) is 31.2 Å². The average molecular weight is 498 g/mol. The SMILES string of the molecule is CO/N=C(/C(C)=N/OCc1ccccc1/C(=N\OC)C(=O)OC)c1cnn(-c2ccc(Cl)cc2)c1. The first-order valence-corrected chi connectivity index (χ1v) is 10.7. The van der Waals surface area contributed by atoms with E-state index in [1.165, 1.54) is 21.3 Å². The number of hydrogen-bond donors (Lipinski definition) is 0. The quantitative estimate of drug-likeness (QED) is 0.238. The van der Waals surface area contributed by atoms with Crippen LogP contribution in [-0.4, -0.2) is 54.2 Å². The molecule has 10 nitrogen and oxygen atoms in total. The van der Waals surface area contributed by atoms with Crippen LogP contribution < -0.4 is 0 Å². The summed E-state index contributed by atoms with van der Waals surface area (Å²) in [4.78, 5) is 27.5. The molecule has 3 rings (SSSR count). The second-order valence-electron chi connectivity index (χ2n) is 6.99. The van der Waals surface area contributed by atoms with Gasteiger partial charge in [-0.2, -0.15) is 5.10 Å². The number of halogens is 1. The molecule has 0 fully saturated rings. The number of ether oxygens (including phenoxy) is 1. The van der Waals surface area contributed by atoms with Crippen LogP contribution in [0.2, 0.25) is 5.02 Å². The standard InChI is InChI=1S/C24H24ClN5O5/c1-16(22(28-33-3)18-13-26-30(14-18)20-11-9-19(25)10-12-20)27-35-15-17-7-5-6-8-21(17)23(29-34-4)24(31)32-2/h5-14H,15H2,1-4H3/b27-16+,28-22-,29-23+. The lowest BCUT2D eigenvalue weighted by Gasteiger charge is -2.10. The summed E-state index contributed by atoms with van der Waals surface area (Å²) in [7, 11) is 4.06. The van der Waals surface area contributed by atoms with Crippen LogP contribution in [0.4, 0.5) is 0 Å². The van der Waals surface area contributed by atoms with E-state index in [2.05, 4.69) is 20.6 Å². The zero-order valence-electron chi connectivity index (χ0n) is 19.6. The zero-order chi connectivity index (χ0) is 25.2. The summed E-state index contributed by atoms with van der Waals surface area (Å²) in [5, 5.41) is 17.1. The van der Waals surface area contributed by atoms with Gasteiger partial charge in [0.25, 0.3) is 0 Å². The fourth-order valence-corrected chi connectivity index (χ4v) is 3.23. The van der Waals surface area contributed by atoms with E-state index in [1.807, 2.05) is 18.2 Å². The van der Waals surface area contributed by atoms with Crippen molar-refractivity contribution in [2.24, 2.45) is 15.5 Å². The number of aromatic nitrogens is 2. The van der Waals surface area contributed by atoms with Crippen molar-refractivity contribution < 1.29 is 24.0 Å². The summed E-state index contributed by atoms with van der Waals surface area (Å²) in [5.74, 6) is -0.633. The maximum absolute atomic E-state index is 12.1. The first-order valence-electron chi connectivity index (χ1n) is 10.3. The molecule has 182 valence electrons. The van der Waals surface area contributed by atoms with Crippen LogP contribution in [0, 0.1) is 0 Å². The molecule has 1 heterocycles. The number of carbonyl (C=O) groups is 1. The van der Waals surface area contributed by atoms with Crippen molar-refractivity contribution in [1.29, 1.82) is 0 Å². The fraction of sp³-hybridized carbons (Fsp3) is 0.208. The minimum absolute atomic E-state index is 0.0196. The van der Waals surface area contributed by atoms with Crippen LogP contribution in [0.15, 0.2) is 76.4 Å². The molecule has 1 aromatic heterocycles. The normalized spacial score (nSPS) is 12.3. The third-order valence-corrected chi connectivity index (χ3v) is 4.98. The van der Waals surface area contributed by atoms with E-state index in [0.29, 0.717) is 33.1 Å². The summed E-state index contributed by atoms with van der Waals surface area (Å²) in [5.41, 5.74) is 3.59. The molecule has 0 N–H and O–H groups in total. The van der Waals surface area contributed by atoms with Gasteiger partial charge >= 0.3 is 5.97 Å². The zero-order valence-corrected chi connectivity index (χ0v) is 20.4. The molecule has 2 aromatic carbocycles. The van der Waals surface area contributed by atoms with Crippen molar-refractivity contribution in [2.45, 2.75) is 13.5 Å². The maximum atomic E-state index is 12.1. The molecule has 35 heavy (non-hydrogen) atoms. The molecule has 0 bridgehead atoms. The number of rotatable bonds is 10. The lowest BCUT2D eigenvalue weighted by atomic mass is 10.0. The van der Waals surface area contributed by atoms with E-state index in [-0.39, 0.29) is 12.3 Å². The Balaban J connectivity index is 1.80. The van der Waals surface area contributed by atoms with E-state index in [1.54, 1.807) is 54.3 Å². The van der Waals surface area contributed by atoms with Crippen molar-refractivity contribution in [3.63, 3.8) is 0 Å². The molecule has 0 aliphatic heterocycles. The van der Waals surface area contributed by atoms with Crippen molar-refractivity contribution in [3.05, 3.63) is 82.6 Å². The van der Waals surface area contributed by atoms with Gasteiger partial charge in [0, 0.05) is 27.9 Å². The molecule has 0 saturated carbocycles. The highest BCUT2D eigenvalue weighted by Crippen LogP contribution is 2.16. The van der Waals surface area contributed by atoms with Crippen LogP contribution in [0.3, 0.4) is 0 Å². The number of oxime groups is 3. The largest absolute Gasteiger partial charge is 0.464 e. The molecule has 0 spiro atoms. The highest BCUT2D eigenvalue weighted by molar-refractivity contribution is 6.47. The Kier molecular flexibility index (Phi) is 8.96. The highest BCUT2D eigenvalue weighted by atomic mass is 35.5. The van der Waals surface area contributed by atoms with E-state index >= 15 is 0 Å². The Hall–Kier alpha value is -4.18. The van der Waals surface area contributed by atoms with Gasteiger partial charge in [-0.1, -0.05) is 51.3 Å². The number of methoxy groups -OCH3 is 1. The van der Waals surface area contributed by atoms with Gasteiger partial charge in [0.2, 0.25) is 0 Å². The molecule has 0 aliphatic rings. The predicted octanol–water partition coefficient (Wildman–Crippen LogP) is 3.99. The first kappa shape index (κ1) is 25.4. The number of nitrogens with zero attached hydrogens (tertiary/aromatic N) is 5. The molecule has 0 radical (unpaired) electrons. The summed E-state index contributed by atoms with van der Waals surface area (Å²) >= 11 is 5.97. The molecule has 11 heteroatoms. The van der Waals surface area contributed by atoms with Gasteiger partial charge in [0.15, 0.2) is 5.71 Å². The first-order chi connectivity index (χ1) is 17.0. The smallest absolute Gasteiger partial charge is 0.360 e. The number of hydrogen-bond acceptors (Lipinski definition) is 9. The van der Waals surface area contributed by atoms with E-state index in [0.717, 1.165) is 5.69 Å². The van der Waals surface area contributed by atoms with Crippen molar-refractivity contribution in [3.8, 4) is 5.69 Å². The Bertz CT molecular complexity index is 1250. The average Bonchev–Trinajstić information content (AvgIpc) is 3.36. The van der Waals surface area contributed by atoms with Crippen LogP contribution >= 0.6 is 11.6 Å².